The van der Waals surface area contributed by atoms with E-state index in [1.54, 1.807) is 36.7 Å². The van der Waals surface area contributed by atoms with Crippen molar-refractivity contribution >= 4 is 24.3 Å². The quantitative estimate of drug-likeness (QED) is 0.784. The molecule has 0 amide bonds. The highest BCUT2D eigenvalue weighted by Gasteiger charge is 2.34. The van der Waals surface area contributed by atoms with Crippen LogP contribution in [0.3, 0.4) is 0 Å². The number of halogens is 1. The average molecular weight is 349 g/mol. The zero-order valence-corrected chi connectivity index (χ0v) is 13.5. The van der Waals surface area contributed by atoms with Gasteiger partial charge in [0.2, 0.25) is 0 Å². The van der Waals surface area contributed by atoms with Crippen molar-refractivity contribution in [2.24, 2.45) is 0 Å². The number of nitrogens with zero attached hydrogens (tertiary/aromatic N) is 1. The largest absolute Gasteiger partial charge is 0.480 e. The summed E-state index contributed by atoms with van der Waals surface area (Å²) in [5.74, 6) is -2.19. The highest BCUT2D eigenvalue weighted by atomic mass is 35.5. The molecule has 3 rings (SSSR count). The number of benzene rings is 1. The molecular formula is C17H17ClN2O4. The first-order valence-electron chi connectivity index (χ1n) is 7.31. The number of carboxylic acid groups (broad SMARTS) is 2. The van der Waals surface area contributed by atoms with E-state index in [2.05, 4.69) is 10.3 Å². The Morgan fingerprint density at radius 3 is 2.42 bits per heavy atom. The van der Waals surface area contributed by atoms with E-state index in [1.807, 2.05) is 6.07 Å². The van der Waals surface area contributed by atoms with Crippen LogP contribution in [-0.2, 0) is 4.79 Å². The molecule has 7 heteroatoms. The number of carbonyl (C=O) groups is 2. The van der Waals surface area contributed by atoms with E-state index < -0.39 is 18.0 Å². The molecule has 6 nitrogen and oxygen atoms in total. The van der Waals surface area contributed by atoms with Crippen LogP contribution in [0.15, 0.2) is 42.7 Å². The number of pyridine rings is 1. The van der Waals surface area contributed by atoms with Crippen LogP contribution in [-0.4, -0.2) is 39.7 Å². The molecule has 0 spiro atoms. The van der Waals surface area contributed by atoms with Crippen LogP contribution < -0.4 is 5.32 Å². The number of rotatable bonds is 4. The number of hydrogen-bond acceptors (Lipinski definition) is 4. The smallest absolute Gasteiger partial charge is 0.335 e. The lowest BCUT2D eigenvalue weighted by molar-refractivity contribution is -0.139. The molecule has 1 aliphatic rings. The van der Waals surface area contributed by atoms with Crippen LogP contribution >= 0.6 is 12.4 Å². The monoisotopic (exact) mass is 348 g/mol. The minimum absolute atomic E-state index is 0. The van der Waals surface area contributed by atoms with Crippen LogP contribution in [0, 0.1) is 0 Å². The molecule has 1 aromatic heterocycles. The van der Waals surface area contributed by atoms with E-state index in [4.69, 9.17) is 0 Å². The van der Waals surface area contributed by atoms with E-state index in [0.717, 1.165) is 16.7 Å². The molecule has 1 fully saturated rings. The second-order valence-corrected chi connectivity index (χ2v) is 5.55. The van der Waals surface area contributed by atoms with Gasteiger partial charge in [-0.05, 0) is 53.9 Å². The Hall–Kier alpha value is -2.44. The van der Waals surface area contributed by atoms with Crippen molar-refractivity contribution in [2.75, 3.05) is 6.54 Å². The van der Waals surface area contributed by atoms with Gasteiger partial charge in [0.25, 0.3) is 0 Å². The number of nitrogens with one attached hydrogen (secondary N) is 1. The summed E-state index contributed by atoms with van der Waals surface area (Å²) in [4.78, 5) is 26.8. The second-order valence-electron chi connectivity index (χ2n) is 5.55. The van der Waals surface area contributed by atoms with Crippen molar-refractivity contribution in [2.45, 2.75) is 18.4 Å². The Morgan fingerprint density at radius 2 is 1.79 bits per heavy atom. The Morgan fingerprint density at radius 1 is 1.08 bits per heavy atom. The van der Waals surface area contributed by atoms with Gasteiger partial charge < -0.3 is 15.5 Å². The van der Waals surface area contributed by atoms with Crippen LogP contribution in [0.1, 0.15) is 28.3 Å². The van der Waals surface area contributed by atoms with Crippen molar-refractivity contribution in [1.82, 2.24) is 10.3 Å². The van der Waals surface area contributed by atoms with E-state index in [9.17, 15) is 19.8 Å². The van der Waals surface area contributed by atoms with Crippen molar-refractivity contribution in [3.63, 3.8) is 0 Å². The fraction of sp³-hybridized carbons (Fsp3) is 0.235. The van der Waals surface area contributed by atoms with Crippen molar-refractivity contribution in [1.29, 1.82) is 0 Å². The molecule has 1 aliphatic heterocycles. The van der Waals surface area contributed by atoms with Crippen molar-refractivity contribution < 1.29 is 19.8 Å². The fourth-order valence-corrected chi connectivity index (χ4v) is 3.02. The Kier molecular flexibility index (Phi) is 5.54. The first-order valence-corrected chi connectivity index (χ1v) is 7.31. The molecule has 24 heavy (non-hydrogen) atoms. The Bertz CT molecular complexity index is 752. The van der Waals surface area contributed by atoms with E-state index in [-0.39, 0.29) is 23.9 Å². The van der Waals surface area contributed by atoms with Gasteiger partial charge in [0.15, 0.2) is 0 Å². The minimum Gasteiger partial charge on any atom is -0.480 e. The summed E-state index contributed by atoms with van der Waals surface area (Å²) in [7, 11) is 0. The molecule has 126 valence electrons. The van der Waals surface area contributed by atoms with Gasteiger partial charge >= 0.3 is 11.9 Å². The highest BCUT2D eigenvalue weighted by Crippen LogP contribution is 2.32. The molecular weight excluding hydrogens is 332 g/mol. The summed E-state index contributed by atoms with van der Waals surface area (Å²) < 4.78 is 0. The molecule has 1 aromatic carbocycles. The summed E-state index contributed by atoms with van der Waals surface area (Å²) in [6, 6.07) is 7.94. The molecule has 2 heterocycles. The van der Waals surface area contributed by atoms with Gasteiger partial charge in [0.05, 0.1) is 5.56 Å². The molecule has 1 saturated heterocycles. The topological polar surface area (TPSA) is 99.5 Å². The summed E-state index contributed by atoms with van der Waals surface area (Å²) in [6.07, 6.45) is 3.94. The van der Waals surface area contributed by atoms with Crippen LogP contribution in [0.2, 0.25) is 0 Å². The summed E-state index contributed by atoms with van der Waals surface area (Å²) in [5.41, 5.74) is 2.49. The number of carboxylic acids is 2. The number of aliphatic carboxylic acids is 1. The Labute approximate surface area is 145 Å². The SMILES string of the molecule is Cl.O=C(O)c1cc(-c2ccncc2)cc([C@H]2CCN[C@@H]2C(=O)O)c1. The zero-order chi connectivity index (χ0) is 16.4. The van der Waals surface area contributed by atoms with E-state index in [1.165, 1.54) is 0 Å². The summed E-state index contributed by atoms with van der Waals surface area (Å²) in [5, 5.41) is 21.6. The van der Waals surface area contributed by atoms with Gasteiger partial charge in [0.1, 0.15) is 6.04 Å². The molecule has 2 aromatic rings. The molecule has 0 aliphatic carbocycles. The maximum Gasteiger partial charge on any atom is 0.335 e. The van der Waals surface area contributed by atoms with Gasteiger partial charge in [-0.25, -0.2) is 4.79 Å². The highest BCUT2D eigenvalue weighted by molar-refractivity contribution is 5.90. The van der Waals surface area contributed by atoms with E-state index >= 15 is 0 Å². The molecule has 0 bridgehead atoms. The lowest BCUT2D eigenvalue weighted by atomic mass is 9.88. The molecule has 0 saturated carbocycles. The fourth-order valence-electron chi connectivity index (χ4n) is 3.02. The summed E-state index contributed by atoms with van der Waals surface area (Å²) >= 11 is 0. The number of hydrogen-bond donors (Lipinski definition) is 3. The van der Waals surface area contributed by atoms with Crippen LogP contribution in [0.25, 0.3) is 11.1 Å². The number of aromatic nitrogens is 1. The summed E-state index contributed by atoms with van der Waals surface area (Å²) in [6.45, 7) is 0.601. The first-order chi connectivity index (χ1) is 11.1. The third kappa shape index (κ3) is 3.55. The van der Waals surface area contributed by atoms with Crippen LogP contribution in [0.4, 0.5) is 0 Å². The van der Waals surface area contributed by atoms with Crippen LogP contribution in [0.5, 0.6) is 0 Å². The maximum atomic E-state index is 11.4. The predicted molar refractivity (Wildman–Crippen MR) is 90.7 cm³/mol. The molecule has 2 atom stereocenters. The Balaban J connectivity index is 0.00000208. The molecule has 0 radical (unpaired) electrons. The minimum atomic E-state index is -1.03. The third-order valence-corrected chi connectivity index (χ3v) is 4.13. The standard InChI is InChI=1S/C17H16N2O4.ClH/c20-16(21)13-8-11(10-1-4-18-5-2-10)7-12(9-13)14-3-6-19-15(14)17(22)23;/h1-2,4-5,7-9,14-15,19H,3,6H2,(H,20,21)(H,22,23);1H/t14-,15+;/m1./s1. The van der Waals surface area contributed by atoms with Gasteiger partial charge in [-0.15, -0.1) is 12.4 Å². The zero-order valence-electron chi connectivity index (χ0n) is 12.7. The number of aromatic carboxylic acids is 1. The first kappa shape index (κ1) is 17.9. The van der Waals surface area contributed by atoms with Gasteiger partial charge in [-0.2, -0.15) is 0 Å². The maximum absolute atomic E-state index is 11.4. The average Bonchev–Trinajstić information content (AvgIpc) is 3.05. The lowest BCUT2D eigenvalue weighted by Gasteiger charge is -2.18. The van der Waals surface area contributed by atoms with Gasteiger partial charge in [-0.3, -0.25) is 9.78 Å². The predicted octanol–water partition coefficient (Wildman–Crippen LogP) is 2.40. The van der Waals surface area contributed by atoms with Crippen molar-refractivity contribution in [3.05, 3.63) is 53.9 Å². The van der Waals surface area contributed by atoms with Gasteiger partial charge in [0, 0.05) is 18.3 Å². The third-order valence-electron chi connectivity index (χ3n) is 4.13. The van der Waals surface area contributed by atoms with Crippen molar-refractivity contribution in [3.8, 4) is 11.1 Å². The lowest BCUT2D eigenvalue weighted by Crippen LogP contribution is -2.34. The molecule has 0 unspecified atom stereocenters. The second kappa shape index (κ2) is 7.42. The molecule has 3 N–H and O–H groups in total. The van der Waals surface area contributed by atoms with E-state index in [0.29, 0.717) is 13.0 Å². The normalized spacial score (nSPS) is 19.5. The van der Waals surface area contributed by atoms with Gasteiger partial charge in [-0.1, -0.05) is 6.07 Å².